The van der Waals surface area contributed by atoms with Crippen molar-refractivity contribution in [3.05, 3.63) is 46.1 Å². The van der Waals surface area contributed by atoms with Gasteiger partial charge in [-0.1, -0.05) is 19.1 Å². The van der Waals surface area contributed by atoms with Crippen molar-refractivity contribution in [1.29, 1.82) is 0 Å². The van der Waals surface area contributed by atoms with Gasteiger partial charge >= 0.3 is 0 Å². The van der Waals surface area contributed by atoms with E-state index in [1.807, 2.05) is 23.5 Å². The smallest absolute Gasteiger partial charge is 0.146 e. The molecule has 1 atom stereocenters. The molecule has 0 saturated carbocycles. The minimum atomic E-state index is 0.753. The molecule has 1 unspecified atom stereocenters. The molecule has 1 aliphatic heterocycles. The van der Waals surface area contributed by atoms with E-state index in [9.17, 15) is 0 Å². The summed E-state index contributed by atoms with van der Waals surface area (Å²) in [6.45, 7) is 7.46. The Labute approximate surface area is 194 Å². The van der Waals surface area contributed by atoms with Gasteiger partial charge in [-0.25, -0.2) is 9.97 Å². The maximum atomic E-state index is 5.51. The van der Waals surface area contributed by atoms with Crippen LogP contribution >= 0.6 is 11.3 Å². The molecule has 5 rings (SSSR count). The van der Waals surface area contributed by atoms with E-state index in [0.717, 1.165) is 80.4 Å². The largest absolute Gasteiger partial charge is 0.497 e. The van der Waals surface area contributed by atoms with Gasteiger partial charge in [0.1, 0.15) is 22.2 Å². The Bertz CT molecular complexity index is 1060. The van der Waals surface area contributed by atoms with Gasteiger partial charge in [-0.3, -0.25) is 4.90 Å². The van der Waals surface area contributed by atoms with Crippen LogP contribution in [0.4, 0.5) is 5.82 Å². The molecule has 0 amide bonds. The van der Waals surface area contributed by atoms with Crippen molar-refractivity contribution in [2.75, 3.05) is 45.3 Å². The number of thiophene rings is 1. The Hall–Kier alpha value is -2.22. The molecule has 1 aliphatic carbocycles. The fourth-order valence-corrected chi connectivity index (χ4v) is 6.06. The van der Waals surface area contributed by atoms with E-state index in [1.165, 1.54) is 34.2 Å². The molecular formula is C25H32N4O2S. The molecule has 1 saturated heterocycles. The van der Waals surface area contributed by atoms with Crippen LogP contribution in [-0.4, -0.2) is 54.8 Å². The number of hydrogen-bond donors (Lipinski definition) is 1. The van der Waals surface area contributed by atoms with Crippen LogP contribution in [0.3, 0.4) is 0 Å². The van der Waals surface area contributed by atoms with Gasteiger partial charge < -0.3 is 14.8 Å². The first-order valence-corrected chi connectivity index (χ1v) is 12.5. The molecule has 1 N–H and O–H groups in total. The Morgan fingerprint density at radius 3 is 2.78 bits per heavy atom. The maximum absolute atomic E-state index is 5.51. The predicted octanol–water partition coefficient (Wildman–Crippen LogP) is 4.31. The Balaban J connectivity index is 1.39. The van der Waals surface area contributed by atoms with Crippen molar-refractivity contribution >= 4 is 27.4 Å². The molecule has 3 aromatic rings. The van der Waals surface area contributed by atoms with Gasteiger partial charge in [-0.15, -0.1) is 11.3 Å². The monoisotopic (exact) mass is 452 g/mol. The van der Waals surface area contributed by atoms with E-state index in [0.29, 0.717) is 0 Å². The second-order valence-electron chi connectivity index (χ2n) is 8.93. The molecule has 0 radical (unpaired) electrons. The van der Waals surface area contributed by atoms with Crippen LogP contribution in [0.5, 0.6) is 5.75 Å². The zero-order valence-corrected chi connectivity index (χ0v) is 19.8. The highest BCUT2D eigenvalue weighted by molar-refractivity contribution is 7.19. The molecular weight excluding hydrogens is 420 g/mol. The van der Waals surface area contributed by atoms with Gasteiger partial charge in [0, 0.05) is 24.5 Å². The number of aryl methyl sites for hydroxylation is 1. The normalized spacial score (nSPS) is 19.1. The number of hydrogen-bond acceptors (Lipinski definition) is 7. The van der Waals surface area contributed by atoms with Crippen LogP contribution in [0.15, 0.2) is 24.3 Å². The Morgan fingerprint density at radius 2 is 2.00 bits per heavy atom. The van der Waals surface area contributed by atoms with Crippen LogP contribution in [-0.2, 0) is 30.5 Å². The number of morpholine rings is 1. The molecule has 7 heteroatoms. The van der Waals surface area contributed by atoms with Crippen LogP contribution in [0, 0.1) is 5.92 Å². The van der Waals surface area contributed by atoms with Crippen molar-refractivity contribution in [3.63, 3.8) is 0 Å². The molecule has 2 aromatic heterocycles. The number of rotatable bonds is 7. The fraction of sp³-hybridized carbons (Fsp3) is 0.520. The predicted molar refractivity (Wildman–Crippen MR) is 130 cm³/mol. The van der Waals surface area contributed by atoms with E-state index in [-0.39, 0.29) is 0 Å². The lowest BCUT2D eigenvalue weighted by molar-refractivity contribution is 0.0331. The standard InChI is InChI=1S/C25H32N4O2S/c1-17-3-8-20-21(15-17)32-25-23(20)24(26-10-9-18-4-6-19(30-2)7-5-18)27-22(28-25)16-29-11-13-31-14-12-29/h4-7,17H,3,8-16H2,1-2H3,(H,26,27,28). The highest BCUT2D eigenvalue weighted by Gasteiger charge is 2.24. The van der Waals surface area contributed by atoms with Crippen LogP contribution in [0.25, 0.3) is 10.2 Å². The third-order valence-electron chi connectivity index (χ3n) is 6.54. The molecule has 0 spiro atoms. The first kappa shape index (κ1) is 21.6. The minimum Gasteiger partial charge on any atom is -0.497 e. The zero-order chi connectivity index (χ0) is 21.9. The zero-order valence-electron chi connectivity index (χ0n) is 19.0. The lowest BCUT2D eigenvalue weighted by Gasteiger charge is -2.26. The Kier molecular flexibility index (Phi) is 6.57. The second kappa shape index (κ2) is 9.73. The van der Waals surface area contributed by atoms with E-state index in [1.54, 1.807) is 7.11 Å². The summed E-state index contributed by atoms with van der Waals surface area (Å²) in [4.78, 5) is 15.1. The number of nitrogens with zero attached hydrogens (tertiary/aromatic N) is 3. The minimum absolute atomic E-state index is 0.753. The van der Waals surface area contributed by atoms with Gasteiger partial charge in [-0.2, -0.15) is 0 Å². The quantitative estimate of drug-likeness (QED) is 0.576. The molecule has 1 aromatic carbocycles. The average molecular weight is 453 g/mol. The summed E-state index contributed by atoms with van der Waals surface area (Å²) in [6, 6.07) is 8.31. The molecule has 0 bridgehead atoms. The van der Waals surface area contributed by atoms with E-state index in [2.05, 4.69) is 29.3 Å². The topological polar surface area (TPSA) is 59.5 Å². The van der Waals surface area contributed by atoms with E-state index in [4.69, 9.17) is 19.4 Å². The number of fused-ring (bicyclic) bond motifs is 3. The van der Waals surface area contributed by atoms with Crippen LogP contribution in [0.1, 0.15) is 35.2 Å². The fourth-order valence-electron chi connectivity index (χ4n) is 4.66. The average Bonchev–Trinajstić information content (AvgIpc) is 3.17. The molecule has 1 fully saturated rings. The first-order valence-electron chi connectivity index (χ1n) is 11.7. The summed E-state index contributed by atoms with van der Waals surface area (Å²) in [5.41, 5.74) is 2.77. The molecule has 6 nitrogen and oxygen atoms in total. The summed E-state index contributed by atoms with van der Waals surface area (Å²) >= 11 is 1.88. The number of methoxy groups -OCH3 is 1. The van der Waals surface area contributed by atoms with Crippen molar-refractivity contribution in [1.82, 2.24) is 14.9 Å². The van der Waals surface area contributed by atoms with Crippen LogP contribution < -0.4 is 10.1 Å². The summed E-state index contributed by atoms with van der Waals surface area (Å²) in [5.74, 6) is 3.57. The maximum Gasteiger partial charge on any atom is 0.146 e. The summed E-state index contributed by atoms with van der Waals surface area (Å²) in [7, 11) is 1.70. The Morgan fingerprint density at radius 1 is 1.19 bits per heavy atom. The third-order valence-corrected chi connectivity index (χ3v) is 7.68. The van der Waals surface area contributed by atoms with Crippen molar-refractivity contribution in [3.8, 4) is 5.75 Å². The van der Waals surface area contributed by atoms with Crippen molar-refractivity contribution in [2.45, 2.75) is 39.2 Å². The molecule has 170 valence electrons. The number of aromatic nitrogens is 2. The SMILES string of the molecule is COc1ccc(CCNc2nc(CN3CCOCC3)nc3sc4c(c23)CCC(C)C4)cc1. The summed E-state index contributed by atoms with van der Waals surface area (Å²) < 4.78 is 10.8. The van der Waals surface area contributed by atoms with Gasteiger partial charge in [0.15, 0.2) is 0 Å². The van der Waals surface area contributed by atoms with Crippen molar-refractivity contribution < 1.29 is 9.47 Å². The molecule has 2 aliphatic rings. The van der Waals surface area contributed by atoms with E-state index >= 15 is 0 Å². The van der Waals surface area contributed by atoms with Gasteiger partial charge in [0.25, 0.3) is 0 Å². The molecule has 3 heterocycles. The first-order chi connectivity index (χ1) is 15.7. The summed E-state index contributed by atoms with van der Waals surface area (Å²) in [5, 5.41) is 4.93. The van der Waals surface area contributed by atoms with Gasteiger partial charge in [-0.05, 0) is 54.9 Å². The lowest BCUT2D eigenvalue weighted by Crippen LogP contribution is -2.36. The van der Waals surface area contributed by atoms with Crippen molar-refractivity contribution in [2.24, 2.45) is 5.92 Å². The van der Waals surface area contributed by atoms with E-state index < -0.39 is 0 Å². The van der Waals surface area contributed by atoms with Gasteiger partial charge in [0.05, 0.1) is 32.3 Å². The highest BCUT2D eigenvalue weighted by atomic mass is 32.1. The third kappa shape index (κ3) is 4.75. The number of anilines is 1. The van der Waals surface area contributed by atoms with Crippen LogP contribution in [0.2, 0.25) is 0 Å². The molecule has 32 heavy (non-hydrogen) atoms. The summed E-state index contributed by atoms with van der Waals surface area (Å²) in [6.07, 6.45) is 4.49. The second-order valence-corrected chi connectivity index (χ2v) is 10.0. The number of nitrogens with one attached hydrogen (secondary N) is 1. The van der Waals surface area contributed by atoms with Gasteiger partial charge in [0.2, 0.25) is 0 Å². The lowest BCUT2D eigenvalue weighted by atomic mass is 9.89. The number of benzene rings is 1. The highest BCUT2D eigenvalue weighted by Crippen LogP contribution is 2.40. The number of ether oxygens (including phenoxy) is 2.